The summed E-state index contributed by atoms with van der Waals surface area (Å²) in [7, 11) is 0. The predicted molar refractivity (Wildman–Crippen MR) is 234 cm³/mol. The number of benzene rings is 6. The summed E-state index contributed by atoms with van der Waals surface area (Å²) in [6.07, 6.45) is 2.89. The second kappa shape index (κ2) is 14.8. The Hall–Kier alpha value is -6.26. The summed E-state index contributed by atoms with van der Waals surface area (Å²) >= 11 is 0. The first-order valence-corrected chi connectivity index (χ1v) is 19.6. The molecule has 0 aliphatic heterocycles. The van der Waals surface area contributed by atoms with Gasteiger partial charge in [0.05, 0.1) is 28.0 Å². The van der Waals surface area contributed by atoms with Gasteiger partial charge in [-0.1, -0.05) is 126 Å². The van der Waals surface area contributed by atoms with Gasteiger partial charge in [-0.2, -0.15) is 0 Å². The van der Waals surface area contributed by atoms with Gasteiger partial charge in [-0.05, 0) is 125 Å². The lowest BCUT2D eigenvalue weighted by Gasteiger charge is -2.22. The minimum absolute atomic E-state index is 0.118. The first-order chi connectivity index (χ1) is 26.9. The number of nitrogens with zero attached hydrogens (tertiary/aromatic N) is 3. The molecule has 0 fully saturated rings. The van der Waals surface area contributed by atoms with Crippen LogP contribution < -0.4 is 0 Å². The fourth-order valence-corrected chi connectivity index (χ4v) is 7.88. The fraction of sp³-hybridized carbons (Fsp3) is 0.192. The van der Waals surface area contributed by atoms with E-state index in [4.69, 9.17) is 9.97 Å². The molecule has 0 bridgehead atoms. The number of aromatic hydroxyl groups is 1. The molecule has 0 saturated carbocycles. The number of pyridine rings is 1. The largest absolute Gasteiger partial charge is 0.507 e. The van der Waals surface area contributed by atoms with Crippen molar-refractivity contribution >= 4 is 11.0 Å². The summed E-state index contributed by atoms with van der Waals surface area (Å²) in [5.74, 6) is 1.47. The first kappa shape index (κ1) is 36.7. The van der Waals surface area contributed by atoms with Crippen molar-refractivity contribution in [1.82, 2.24) is 14.5 Å². The Labute approximate surface area is 331 Å². The summed E-state index contributed by atoms with van der Waals surface area (Å²) in [5.41, 5.74) is 16.5. The number of aromatic nitrogens is 3. The molecule has 0 spiro atoms. The Balaban J connectivity index is 1.41. The van der Waals surface area contributed by atoms with E-state index in [1.54, 1.807) is 0 Å². The third-order valence-electron chi connectivity index (χ3n) is 10.7. The zero-order valence-electron chi connectivity index (χ0n) is 33.4. The Bertz CT molecular complexity index is 2700. The van der Waals surface area contributed by atoms with Crippen LogP contribution in [-0.4, -0.2) is 19.6 Å². The predicted octanol–water partition coefficient (Wildman–Crippen LogP) is 13.6. The number of aryl methyl sites for hydroxylation is 2. The number of phenols is 1. The molecule has 2 aromatic heterocycles. The summed E-state index contributed by atoms with van der Waals surface area (Å²) in [6.45, 7) is 15.3. The van der Waals surface area contributed by atoms with Crippen LogP contribution in [0.4, 0.5) is 0 Å². The molecule has 0 radical (unpaired) electrons. The van der Waals surface area contributed by atoms with Gasteiger partial charge in [0, 0.05) is 22.9 Å². The standard InChI is InChI=1S/C52H49N3O/c1-33(2)25-36-21-22-47(44(28-36)38-17-12-9-13-18-38)55-48-20-14-19-43(49(48)54-51(55)45-27-34(3)26-35(4)50(45)56)40-29-41(31-42(30-40)52(5,6)7)46-32-39(23-24-53-46)37-15-10-8-11-16-37/h8-24,26-33,56H,25H2,1-7H3. The molecule has 0 saturated heterocycles. The van der Waals surface area contributed by atoms with Crippen molar-refractivity contribution in [3.8, 4) is 67.5 Å². The molecule has 2 heterocycles. The van der Waals surface area contributed by atoms with Crippen molar-refractivity contribution in [2.45, 2.75) is 60.3 Å². The van der Waals surface area contributed by atoms with Crippen molar-refractivity contribution < 1.29 is 5.11 Å². The van der Waals surface area contributed by atoms with Gasteiger partial charge in [-0.25, -0.2) is 4.98 Å². The van der Waals surface area contributed by atoms with Crippen molar-refractivity contribution in [2.75, 3.05) is 0 Å². The van der Waals surface area contributed by atoms with Gasteiger partial charge in [0.25, 0.3) is 0 Å². The summed E-state index contributed by atoms with van der Waals surface area (Å²) in [4.78, 5) is 10.4. The molecule has 8 aromatic rings. The van der Waals surface area contributed by atoms with Gasteiger partial charge >= 0.3 is 0 Å². The molecule has 0 amide bonds. The highest BCUT2D eigenvalue weighted by atomic mass is 16.3. The molecule has 0 aliphatic carbocycles. The maximum absolute atomic E-state index is 11.7. The van der Waals surface area contributed by atoms with Crippen molar-refractivity contribution in [3.05, 3.63) is 168 Å². The second-order valence-corrected chi connectivity index (χ2v) is 16.6. The zero-order valence-corrected chi connectivity index (χ0v) is 33.4. The van der Waals surface area contributed by atoms with Crippen LogP contribution in [-0.2, 0) is 11.8 Å². The Kier molecular flexibility index (Phi) is 9.68. The molecule has 56 heavy (non-hydrogen) atoms. The van der Waals surface area contributed by atoms with Crippen LogP contribution in [0.5, 0.6) is 5.75 Å². The number of rotatable bonds is 8. The van der Waals surface area contributed by atoms with Crippen LogP contribution in [0, 0.1) is 19.8 Å². The number of imidazole rings is 1. The molecule has 0 unspecified atom stereocenters. The third kappa shape index (κ3) is 7.15. The summed E-state index contributed by atoms with van der Waals surface area (Å²) in [5, 5.41) is 11.7. The Morgan fingerprint density at radius 3 is 2.05 bits per heavy atom. The van der Waals surface area contributed by atoms with E-state index in [1.165, 1.54) is 11.1 Å². The number of hydrogen-bond acceptors (Lipinski definition) is 3. The SMILES string of the molecule is Cc1cc(C)c(O)c(-c2nc3c(-c4cc(-c5cc(-c6ccccc6)ccn5)cc(C(C)(C)C)c4)cccc3n2-c2ccc(CC(C)C)cc2-c2ccccc2)c1. The highest BCUT2D eigenvalue weighted by Gasteiger charge is 2.24. The molecule has 0 aliphatic rings. The van der Waals surface area contributed by atoms with Crippen LogP contribution in [0.3, 0.4) is 0 Å². The molecule has 278 valence electrons. The molecule has 0 atom stereocenters. The molecular formula is C52H49N3O. The molecule has 8 rings (SSSR count). The van der Waals surface area contributed by atoms with Crippen LogP contribution in [0.2, 0.25) is 0 Å². The topological polar surface area (TPSA) is 50.9 Å². The molecular weight excluding hydrogens is 683 g/mol. The van der Waals surface area contributed by atoms with Gasteiger partial charge in [0.2, 0.25) is 0 Å². The third-order valence-corrected chi connectivity index (χ3v) is 10.7. The zero-order chi connectivity index (χ0) is 39.1. The maximum atomic E-state index is 11.7. The van der Waals surface area contributed by atoms with E-state index in [1.807, 2.05) is 25.3 Å². The monoisotopic (exact) mass is 731 g/mol. The first-order valence-electron chi connectivity index (χ1n) is 19.6. The molecule has 6 aromatic carbocycles. The number of para-hydroxylation sites is 1. The molecule has 4 heteroatoms. The van der Waals surface area contributed by atoms with Crippen molar-refractivity contribution in [3.63, 3.8) is 0 Å². The lowest BCUT2D eigenvalue weighted by molar-refractivity contribution is 0.472. The van der Waals surface area contributed by atoms with Gasteiger partial charge in [-0.3, -0.25) is 9.55 Å². The van der Waals surface area contributed by atoms with E-state index in [0.29, 0.717) is 17.3 Å². The minimum Gasteiger partial charge on any atom is -0.507 e. The highest BCUT2D eigenvalue weighted by molar-refractivity contribution is 5.98. The van der Waals surface area contributed by atoms with Gasteiger partial charge in [0.15, 0.2) is 0 Å². The van der Waals surface area contributed by atoms with Crippen molar-refractivity contribution in [2.24, 2.45) is 5.92 Å². The van der Waals surface area contributed by atoms with Crippen LogP contribution in [0.15, 0.2) is 146 Å². The van der Waals surface area contributed by atoms with Gasteiger partial charge in [-0.15, -0.1) is 0 Å². The number of fused-ring (bicyclic) bond motifs is 1. The lowest BCUT2D eigenvalue weighted by atomic mass is 9.83. The Morgan fingerprint density at radius 1 is 0.625 bits per heavy atom. The molecule has 1 N–H and O–H groups in total. The highest BCUT2D eigenvalue weighted by Crippen LogP contribution is 2.43. The minimum atomic E-state index is -0.118. The van der Waals surface area contributed by atoms with E-state index in [2.05, 4.69) is 174 Å². The summed E-state index contributed by atoms with van der Waals surface area (Å²) < 4.78 is 2.26. The van der Waals surface area contributed by atoms with E-state index in [-0.39, 0.29) is 11.2 Å². The summed E-state index contributed by atoms with van der Waals surface area (Å²) in [6, 6.07) is 49.5. The van der Waals surface area contributed by atoms with Crippen LogP contribution >= 0.6 is 0 Å². The van der Waals surface area contributed by atoms with E-state index >= 15 is 0 Å². The second-order valence-electron chi connectivity index (χ2n) is 16.6. The maximum Gasteiger partial charge on any atom is 0.149 e. The van der Waals surface area contributed by atoms with E-state index in [0.717, 1.165) is 78.9 Å². The molecule has 4 nitrogen and oxygen atoms in total. The van der Waals surface area contributed by atoms with Gasteiger partial charge < -0.3 is 5.11 Å². The average molecular weight is 732 g/mol. The van der Waals surface area contributed by atoms with E-state index in [9.17, 15) is 5.11 Å². The van der Waals surface area contributed by atoms with Crippen LogP contribution in [0.1, 0.15) is 56.9 Å². The number of phenolic OH excluding ortho intramolecular Hbond substituents is 1. The number of hydrogen-bond donors (Lipinski definition) is 1. The lowest BCUT2D eigenvalue weighted by Crippen LogP contribution is -2.11. The van der Waals surface area contributed by atoms with Crippen molar-refractivity contribution in [1.29, 1.82) is 0 Å². The smallest absolute Gasteiger partial charge is 0.149 e. The quantitative estimate of drug-likeness (QED) is 0.169. The van der Waals surface area contributed by atoms with Gasteiger partial charge in [0.1, 0.15) is 11.6 Å². The Morgan fingerprint density at radius 2 is 1.34 bits per heavy atom. The normalized spacial score (nSPS) is 11.8. The van der Waals surface area contributed by atoms with E-state index < -0.39 is 0 Å². The average Bonchev–Trinajstić information content (AvgIpc) is 3.58. The fourth-order valence-electron chi connectivity index (χ4n) is 7.88. The van der Waals surface area contributed by atoms with Crippen LogP contribution in [0.25, 0.3) is 72.7 Å².